The van der Waals surface area contributed by atoms with Crippen molar-refractivity contribution < 1.29 is 27.4 Å². The van der Waals surface area contributed by atoms with Crippen molar-refractivity contribution in [2.45, 2.75) is 4.90 Å². The van der Waals surface area contributed by atoms with Gasteiger partial charge in [0.25, 0.3) is 5.91 Å². The van der Waals surface area contributed by atoms with Crippen LogP contribution in [-0.4, -0.2) is 58.7 Å². The number of amides is 1. The van der Waals surface area contributed by atoms with Gasteiger partial charge < -0.3 is 19.5 Å². The molecule has 2 aromatic rings. The summed E-state index contributed by atoms with van der Waals surface area (Å²) in [5, 5.41) is 3.20. The van der Waals surface area contributed by atoms with Gasteiger partial charge in [0.15, 0.2) is 6.61 Å². The molecule has 1 amide bonds. The third-order valence-corrected chi connectivity index (χ3v) is 6.38. The zero-order valence-corrected chi connectivity index (χ0v) is 17.3. The molecule has 0 radical (unpaired) electrons. The smallest absolute Gasteiger partial charge is 0.262 e. The van der Waals surface area contributed by atoms with Gasteiger partial charge >= 0.3 is 0 Å². The quantitative estimate of drug-likeness (QED) is 0.710. The van der Waals surface area contributed by atoms with E-state index in [-0.39, 0.29) is 30.3 Å². The van der Waals surface area contributed by atoms with Crippen molar-refractivity contribution in [2.24, 2.45) is 0 Å². The molecule has 0 atom stereocenters. The number of morpholine rings is 1. The lowest BCUT2D eigenvalue weighted by molar-refractivity contribution is -0.118. The molecule has 2 aromatic carbocycles. The SMILES string of the molecule is COc1ccc(S(=O)(=O)N2CCOCC2)cc1NC(=O)COc1ccc(Cl)cc1. The van der Waals surface area contributed by atoms with Crippen LogP contribution in [0.5, 0.6) is 11.5 Å². The lowest BCUT2D eigenvalue weighted by atomic mass is 10.3. The summed E-state index contributed by atoms with van der Waals surface area (Å²) in [5.74, 6) is 0.366. The molecular formula is C19H21ClN2O6S. The average molecular weight is 441 g/mol. The van der Waals surface area contributed by atoms with Crippen molar-refractivity contribution >= 4 is 33.2 Å². The zero-order chi connectivity index (χ0) is 20.9. The number of hydrogen-bond donors (Lipinski definition) is 1. The number of nitrogens with zero attached hydrogens (tertiary/aromatic N) is 1. The van der Waals surface area contributed by atoms with Crippen LogP contribution in [0.4, 0.5) is 5.69 Å². The third-order valence-electron chi connectivity index (χ3n) is 4.24. The van der Waals surface area contributed by atoms with E-state index in [2.05, 4.69) is 5.32 Å². The van der Waals surface area contributed by atoms with E-state index in [0.29, 0.717) is 29.7 Å². The minimum Gasteiger partial charge on any atom is -0.495 e. The highest BCUT2D eigenvalue weighted by molar-refractivity contribution is 7.89. The highest BCUT2D eigenvalue weighted by Crippen LogP contribution is 2.29. The van der Waals surface area contributed by atoms with Crippen LogP contribution >= 0.6 is 11.6 Å². The molecule has 1 heterocycles. The Kier molecular flexibility index (Phi) is 6.96. The summed E-state index contributed by atoms with van der Waals surface area (Å²) in [6, 6.07) is 10.9. The van der Waals surface area contributed by atoms with Crippen LogP contribution < -0.4 is 14.8 Å². The van der Waals surface area contributed by atoms with Crippen LogP contribution in [0.1, 0.15) is 0 Å². The van der Waals surface area contributed by atoms with Gasteiger partial charge in [-0.05, 0) is 42.5 Å². The second-order valence-electron chi connectivity index (χ2n) is 6.17. The Balaban J connectivity index is 1.72. The molecule has 1 aliphatic rings. The van der Waals surface area contributed by atoms with Crippen LogP contribution in [0, 0.1) is 0 Å². The number of anilines is 1. The first kappa shape index (κ1) is 21.4. The summed E-state index contributed by atoms with van der Waals surface area (Å²) < 4.78 is 42.9. The van der Waals surface area contributed by atoms with Gasteiger partial charge in [-0.1, -0.05) is 11.6 Å². The summed E-state index contributed by atoms with van der Waals surface area (Å²) in [7, 11) is -2.27. The van der Waals surface area contributed by atoms with E-state index in [1.54, 1.807) is 24.3 Å². The number of hydrogen-bond acceptors (Lipinski definition) is 6. The van der Waals surface area contributed by atoms with Crippen molar-refractivity contribution in [3.8, 4) is 11.5 Å². The van der Waals surface area contributed by atoms with Crippen molar-refractivity contribution in [2.75, 3.05) is 45.3 Å². The highest BCUT2D eigenvalue weighted by Gasteiger charge is 2.27. The fourth-order valence-electron chi connectivity index (χ4n) is 2.75. The summed E-state index contributed by atoms with van der Waals surface area (Å²) in [6.45, 7) is 1.00. The number of nitrogens with one attached hydrogen (secondary N) is 1. The maximum Gasteiger partial charge on any atom is 0.262 e. The van der Waals surface area contributed by atoms with Crippen molar-refractivity contribution in [3.05, 3.63) is 47.5 Å². The van der Waals surface area contributed by atoms with Crippen molar-refractivity contribution in [1.82, 2.24) is 4.31 Å². The van der Waals surface area contributed by atoms with E-state index in [4.69, 9.17) is 25.8 Å². The molecule has 1 fully saturated rings. The summed E-state index contributed by atoms with van der Waals surface area (Å²) in [4.78, 5) is 12.4. The lowest BCUT2D eigenvalue weighted by Crippen LogP contribution is -2.40. The second kappa shape index (κ2) is 9.45. The standard InChI is InChI=1S/C19H21ClN2O6S/c1-26-18-7-6-16(29(24,25)22-8-10-27-11-9-22)12-17(18)21-19(23)13-28-15-4-2-14(20)3-5-15/h2-7,12H,8-11,13H2,1H3,(H,21,23). The molecule has 8 nitrogen and oxygen atoms in total. The minimum atomic E-state index is -3.70. The number of rotatable bonds is 7. The first-order chi connectivity index (χ1) is 13.9. The van der Waals surface area contributed by atoms with Crippen LogP contribution in [0.3, 0.4) is 0 Å². The van der Waals surface area contributed by atoms with Crippen LogP contribution in [0.25, 0.3) is 0 Å². The molecular weight excluding hydrogens is 420 g/mol. The zero-order valence-electron chi connectivity index (χ0n) is 15.8. The number of carbonyl (C=O) groups is 1. The molecule has 0 aliphatic carbocycles. The Hall–Kier alpha value is -2.33. The predicted octanol–water partition coefficient (Wildman–Crippen LogP) is 2.39. The maximum atomic E-state index is 12.8. The average Bonchev–Trinajstić information content (AvgIpc) is 2.74. The Morgan fingerprint density at radius 1 is 1.17 bits per heavy atom. The Labute approximate surface area is 174 Å². The molecule has 0 saturated carbocycles. The monoisotopic (exact) mass is 440 g/mol. The first-order valence-corrected chi connectivity index (χ1v) is 10.7. The maximum absolute atomic E-state index is 12.8. The fraction of sp³-hybridized carbons (Fsp3) is 0.316. The molecule has 0 spiro atoms. The van der Waals surface area contributed by atoms with Gasteiger partial charge in [-0.3, -0.25) is 4.79 Å². The van der Waals surface area contributed by atoms with Gasteiger partial charge in [-0.15, -0.1) is 0 Å². The Morgan fingerprint density at radius 2 is 1.86 bits per heavy atom. The summed E-state index contributed by atoms with van der Waals surface area (Å²) in [5.41, 5.74) is 0.242. The van der Waals surface area contributed by atoms with Crippen LogP contribution in [-0.2, 0) is 19.6 Å². The predicted molar refractivity (Wildman–Crippen MR) is 108 cm³/mol. The number of benzene rings is 2. The molecule has 0 unspecified atom stereocenters. The summed E-state index contributed by atoms with van der Waals surface area (Å²) in [6.07, 6.45) is 0. The molecule has 1 aliphatic heterocycles. The van der Waals surface area contributed by atoms with Gasteiger partial charge in [-0.25, -0.2) is 8.42 Å². The Morgan fingerprint density at radius 3 is 2.52 bits per heavy atom. The number of halogens is 1. The van der Waals surface area contributed by atoms with E-state index in [1.807, 2.05) is 0 Å². The van der Waals surface area contributed by atoms with Gasteiger partial charge in [0.1, 0.15) is 11.5 Å². The fourth-order valence-corrected chi connectivity index (χ4v) is 4.31. The molecule has 0 bridgehead atoms. The number of ether oxygens (including phenoxy) is 3. The second-order valence-corrected chi connectivity index (χ2v) is 8.54. The first-order valence-electron chi connectivity index (χ1n) is 8.84. The van der Waals surface area contributed by atoms with Crippen molar-refractivity contribution in [3.63, 3.8) is 0 Å². The van der Waals surface area contributed by atoms with Crippen LogP contribution in [0.2, 0.25) is 5.02 Å². The topological polar surface area (TPSA) is 94.2 Å². The van der Waals surface area contributed by atoms with E-state index in [0.717, 1.165) is 0 Å². The van der Waals surface area contributed by atoms with E-state index in [1.165, 1.54) is 29.6 Å². The minimum absolute atomic E-state index is 0.0640. The van der Waals surface area contributed by atoms with Gasteiger partial charge in [-0.2, -0.15) is 4.31 Å². The molecule has 0 aromatic heterocycles. The normalized spacial score (nSPS) is 15.0. The number of methoxy groups -OCH3 is 1. The number of sulfonamides is 1. The van der Waals surface area contributed by atoms with E-state index >= 15 is 0 Å². The third kappa shape index (κ3) is 5.39. The molecule has 10 heteroatoms. The van der Waals surface area contributed by atoms with Crippen molar-refractivity contribution in [1.29, 1.82) is 0 Å². The summed E-state index contributed by atoms with van der Waals surface area (Å²) >= 11 is 5.81. The van der Waals surface area contributed by atoms with Gasteiger partial charge in [0, 0.05) is 18.1 Å². The van der Waals surface area contributed by atoms with Gasteiger partial charge in [0.2, 0.25) is 10.0 Å². The molecule has 3 rings (SSSR count). The molecule has 1 saturated heterocycles. The van der Waals surface area contributed by atoms with E-state index < -0.39 is 15.9 Å². The van der Waals surface area contributed by atoms with Gasteiger partial charge in [0.05, 0.1) is 30.9 Å². The molecule has 156 valence electrons. The molecule has 29 heavy (non-hydrogen) atoms. The largest absolute Gasteiger partial charge is 0.495 e. The van der Waals surface area contributed by atoms with E-state index in [9.17, 15) is 13.2 Å². The number of carbonyl (C=O) groups excluding carboxylic acids is 1. The Bertz CT molecular complexity index is 959. The highest BCUT2D eigenvalue weighted by atomic mass is 35.5. The molecule has 1 N–H and O–H groups in total. The van der Waals surface area contributed by atoms with Crippen LogP contribution in [0.15, 0.2) is 47.4 Å². The lowest BCUT2D eigenvalue weighted by Gasteiger charge is -2.26.